The minimum Gasteiger partial charge on any atom is -0.496 e. The molecule has 0 unspecified atom stereocenters. The van der Waals surface area contributed by atoms with Crippen molar-refractivity contribution in [1.29, 1.82) is 0 Å². The lowest BCUT2D eigenvalue weighted by Gasteiger charge is -2.30. The summed E-state index contributed by atoms with van der Waals surface area (Å²) >= 11 is 0. The number of methoxy groups -OCH3 is 1. The summed E-state index contributed by atoms with van der Waals surface area (Å²) in [4.78, 5) is 11.4. The highest BCUT2D eigenvalue weighted by Gasteiger charge is 2.18. The molecule has 1 aliphatic heterocycles. The maximum absolute atomic E-state index is 5.38. The maximum atomic E-state index is 5.38. The van der Waals surface area contributed by atoms with E-state index >= 15 is 0 Å². The van der Waals surface area contributed by atoms with Gasteiger partial charge in [0.15, 0.2) is 0 Å². The van der Waals surface area contributed by atoms with Crippen molar-refractivity contribution in [2.24, 2.45) is 5.92 Å². The van der Waals surface area contributed by atoms with Crippen LogP contribution in [0.3, 0.4) is 0 Å². The summed E-state index contributed by atoms with van der Waals surface area (Å²) in [5, 5.41) is 3.37. The molecular weight excluding hydrogens is 288 g/mol. The zero-order valence-electron chi connectivity index (χ0n) is 13.8. The molecule has 1 aromatic carbocycles. The van der Waals surface area contributed by atoms with Gasteiger partial charge in [-0.15, -0.1) is 0 Å². The minimum absolute atomic E-state index is 0.678. The molecule has 2 aromatic rings. The Labute approximate surface area is 137 Å². The van der Waals surface area contributed by atoms with E-state index in [-0.39, 0.29) is 0 Å². The van der Waals surface area contributed by atoms with Gasteiger partial charge in [0, 0.05) is 31.4 Å². The van der Waals surface area contributed by atoms with Crippen LogP contribution in [0.1, 0.15) is 25.3 Å². The normalized spacial score (nSPS) is 15.5. The van der Waals surface area contributed by atoms with Gasteiger partial charge in [0.1, 0.15) is 11.6 Å². The zero-order valence-corrected chi connectivity index (χ0v) is 13.8. The largest absolute Gasteiger partial charge is 0.496 e. The van der Waals surface area contributed by atoms with Gasteiger partial charge in [0.05, 0.1) is 7.11 Å². The van der Waals surface area contributed by atoms with Crippen LogP contribution < -0.4 is 15.0 Å². The van der Waals surface area contributed by atoms with E-state index in [1.165, 1.54) is 12.8 Å². The summed E-state index contributed by atoms with van der Waals surface area (Å²) in [6.07, 6.45) is 4.25. The number of hydrogen-bond acceptors (Lipinski definition) is 5. The molecule has 0 amide bonds. The summed E-state index contributed by atoms with van der Waals surface area (Å²) in [6.45, 7) is 5.06. The minimum atomic E-state index is 0.678. The molecule has 23 heavy (non-hydrogen) atoms. The van der Waals surface area contributed by atoms with E-state index in [0.717, 1.165) is 42.1 Å². The van der Waals surface area contributed by atoms with Gasteiger partial charge in [0.25, 0.3) is 0 Å². The van der Waals surface area contributed by atoms with Crippen molar-refractivity contribution >= 4 is 11.8 Å². The van der Waals surface area contributed by atoms with Gasteiger partial charge >= 0.3 is 0 Å². The fourth-order valence-corrected chi connectivity index (χ4v) is 2.84. The predicted octanol–water partition coefficient (Wildman–Crippen LogP) is 3.33. The Kier molecular flexibility index (Phi) is 4.95. The van der Waals surface area contributed by atoms with Gasteiger partial charge in [-0.1, -0.05) is 25.1 Å². The second-order valence-corrected chi connectivity index (χ2v) is 6.08. The number of rotatable bonds is 5. The topological polar surface area (TPSA) is 50.3 Å². The number of nitrogens with zero attached hydrogens (tertiary/aromatic N) is 3. The zero-order chi connectivity index (χ0) is 16.1. The second-order valence-electron chi connectivity index (χ2n) is 6.08. The molecule has 1 saturated heterocycles. The Morgan fingerprint density at radius 1 is 1.22 bits per heavy atom. The highest BCUT2D eigenvalue weighted by atomic mass is 16.5. The summed E-state index contributed by atoms with van der Waals surface area (Å²) in [5.41, 5.74) is 1.11. The Morgan fingerprint density at radius 2 is 2.00 bits per heavy atom. The molecule has 5 nitrogen and oxygen atoms in total. The quantitative estimate of drug-likeness (QED) is 0.917. The number of ether oxygens (including phenoxy) is 1. The predicted molar refractivity (Wildman–Crippen MR) is 93.0 cm³/mol. The van der Waals surface area contributed by atoms with E-state index in [9.17, 15) is 0 Å². The first-order valence-electron chi connectivity index (χ1n) is 8.20. The number of benzene rings is 1. The molecule has 1 aliphatic rings. The molecule has 0 saturated carbocycles. The van der Waals surface area contributed by atoms with Gasteiger partial charge < -0.3 is 15.0 Å². The first-order chi connectivity index (χ1) is 11.3. The standard InChI is InChI=1S/C18H24N4O/c1-14-8-11-22(12-9-14)18-19-10-7-17(21-18)20-13-15-5-3-4-6-16(15)23-2/h3-7,10,14H,8-9,11-13H2,1-2H3,(H,19,20,21). The SMILES string of the molecule is COc1ccccc1CNc1ccnc(N2CCC(C)CC2)n1. The van der Waals surface area contributed by atoms with E-state index in [2.05, 4.69) is 33.2 Å². The van der Waals surface area contributed by atoms with Crippen molar-refractivity contribution < 1.29 is 4.74 Å². The van der Waals surface area contributed by atoms with Crippen molar-refractivity contribution in [1.82, 2.24) is 9.97 Å². The Hall–Kier alpha value is -2.30. The fraction of sp³-hybridized carbons (Fsp3) is 0.444. The van der Waals surface area contributed by atoms with Crippen LogP contribution >= 0.6 is 0 Å². The monoisotopic (exact) mass is 312 g/mol. The lowest BCUT2D eigenvalue weighted by molar-refractivity contribution is 0.410. The first kappa shape index (κ1) is 15.6. The highest BCUT2D eigenvalue weighted by molar-refractivity contribution is 5.43. The number of anilines is 2. The molecule has 0 bridgehead atoms. The number of piperidine rings is 1. The molecule has 0 spiro atoms. The lowest BCUT2D eigenvalue weighted by Crippen LogP contribution is -2.34. The molecule has 3 rings (SSSR count). The van der Waals surface area contributed by atoms with Crippen LogP contribution in [0.5, 0.6) is 5.75 Å². The molecule has 0 aliphatic carbocycles. The van der Waals surface area contributed by atoms with E-state index in [0.29, 0.717) is 6.54 Å². The molecular formula is C18H24N4O. The average molecular weight is 312 g/mol. The molecule has 1 aromatic heterocycles. The van der Waals surface area contributed by atoms with Gasteiger partial charge in [-0.2, -0.15) is 4.98 Å². The summed E-state index contributed by atoms with van der Waals surface area (Å²) < 4.78 is 5.38. The van der Waals surface area contributed by atoms with Gasteiger partial charge in [-0.05, 0) is 30.9 Å². The number of hydrogen-bond donors (Lipinski definition) is 1. The number of nitrogens with one attached hydrogen (secondary N) is 1. The number of para-hydroxylation sites is 1. The maximum Gasteiger partial charge on any atom is 0.227 e. The van der Waals surface area contributed by atoms with Crippen molar-refractivity contribution in [3.05, 3.63) is 42.1 Å². The Morgan fingerprint density at radius 3 is 2.78 bits per heavy atom. The molecule has 0 radical (unpaired) electrons. The van der Waals surface area contributed by atoms with Crippen LogP contribution in [-0.2, 0) is 6.54 Å². The van der Waals surface area contributed by atoms with Crippen LogP contribution in [0.15, 0.2) is 36.5 Å². The van der Waals surface area contributed by atoms with Crippen LogP contribution in [0.25, 0.3) is 0 Å². The first-order valence-corrected chi connectivity index (χ1v) is 8.20. The van der Waals surface area contributed by atoms with Crippen molar-refractivity contribution in [2.45, 2.75) is 26.3 Å². The molecule has 2 heterocycles. The van der Waals surface area contributed by atoms with Crippen molar-refractivity contribution in [3.63, 3.8) is 0 Å². The van der Waals surface area contributed by atoms with E-state index in [1.54, 1.807) is 7.11 Å². The van der Waals surface area contributed by atoms with Crippen LogP contribution in [0.2, 0.25) is 0 Å². The average Bonchev–Trinajstić information content (AvgIpc) is 2.61. The van der Waals surface area contributed by atoms with Crippen LogP contribution in [0, 0.1) is 5.92 Å². The van der Waals surface area contributed by atoms with Crippen LogP contribution in [0.4, 0.5) is 11.8 Å². The van der Waals surface area contributed by atoms with Crippen molar-refractivity contribution in [3.8, 4) is 5.75 Å². The van der Waals surface area contributed by atoms with Crippen LogP contribution in [-0.4, -0.2) is 30.2 Å². The fourth-order valence-electron chi connectivity index (χ4n) is 2.84. The molecule has 0 atom stereocenters. The van der Waals surface area contributed by atoms with E-state index in [4.69, 9.17) is 4.74 Å². The highest BCUT2D eigenvalue weighted by Crippen LogP contribution is 2.22. The number of aromatic nitrogens is 2. The Bertz CT molecular complexity index is 638. The van der Waals surface area contributed by atoms with Crippen molar-refractivity contribution in [2.75, 3.05) is 30.4 Å². The molecule has 122 valence electrons. The molecule has 1 fully saturated rings. The Balaban J connectivity index is 1.66. The summed E-state index contributed by atoms with van der Waals surface area (Å²) in [7, 11) is 1.69. The third kappa shape index (κ3) is 3.92. The van der Waals surface area contributed by atoms with E-state index in [1.807, 2.05) is 30.5 Å². The smallest absolute Gasteiger partial charge is 0.227 e. The van der Waals surface area contributed by atoms with Gasteiger partial charge in [0.2, 0.25) is 5.95 Å². The van der Waals surface area contributed by atoms with Gasteiger partial charge in [-0.25, -0.2) is 4.98 Å². The molecule has 1 N–H and O–H groups in total. The third-order valence-electron chi connectivity index (χ3n) is 4.36. The van der Waals surface area contributed by atoms with Gasteiger partial charge in [-0.3, -0.25) is 0 Å². The second kappa shape index (κ2) is 7.31. The summed E-state index contributed by atoms with van der Waals surface area (Å²) in [6, 6.07) is 9.92. The third-order valence-corrected chi connectivity index (χ3v) is 4.36. The molecule has 5 heteroatoms. The summed E-state index contributed by atoms with van der Waals surface area (Å²) in [5.74, 6) is 3.36. The van der Waals surface area contributed by atoms with E-state index < -0.39 is 0 Å². The lowest BCUT2D eigenvalue weighted by atomic mass is 10.00.